The third-order valence-electron chi connectivity index (χ3n) is 2.49. The van der Waals surface area contributed by atoms with Crippen molar-refractivity contribution < 1.29 is 21.6 Å². The maximum atomic E-state index is 12.1. The van der Waals surface area contributed by atoms with Gasteiger partial charge in [0.05, 0.1) is 5.69 Å². The van der Waals surface area contributed by atoms with Gasteiger partial charge in [-0.15, -0.1) is 0 Å². The Morgan fingerprint density at radius 3 is 2.20 bits per heavy atom. The molecule has 0 aliphatic rings. The molecule has 5 nitrogen and oxygen atoms in total. The SMILES string of the molecule is CCN(c1ccc(CN)cc1)S(=O)(=O)NCC(F)(F)F. The van der Waals surface area contributed by atoms with Crippen molar-refractivity contribution in [1.82, 2.24) is 4.72 Å². The van der Waals surface area contributed by atoms with Crippen LogP contribution in [0.1, 0.15) is 12.5 Å². The molecule has 1 aromatic carbocycles. The number of nitrogens with zero attached hydrogens (tertiary/aromatic N) is 1. The van der Waals surface area contributed by atoms with E-state index in [-0.39, 0.29) is 12.2 Å². The molecule has 0 atom stereocenters. The molecular formula is C11H16F3N3O2S. The molecule has 0 saturated heterocycles. The molecule has 0 radical (unpaired) electrons. The number of nitrogens with two attached hydrogens (primary N) is 1. The van der Waals surface area contributed by atoms with Crippen LogP contribution < -0.4 is 14.8 Å². The van der Waals surface area contributed by atoms with Crippen LogP contribution in [-0.4, -0.2) is 27.7 Å². The van der Waals surface area contributed by atoms with Crippen LogP contribution in [0.3, 0.4) is 0 Å². The van der Waals surface area contributed by atoms with Gasteiger partial charge in [-0.2, -0.15) is 26.3 Å². The molecule has 0 amide bonds. The van der Waals surface area contributed by atoms with Crippen LogP contribution in [0.4, 0.5) is 18.9 Å². The Kier molecular flexibility index (Phi) is 5.37. The van der Waals surface area contributed by atoms with Crippen molar-refractivity contribution in [1.29, 1.82) is 0 Å². The van der Waals surface area contributed by atoms with Gasteiger partial charge in [0.15, 0.2) is 0 Å². The summed E-state index contributed by atoms with van der Waals surface area (Å²) in [5.74, 6) is 0. The summed E-state index contributed by atoms with van der Waals surface area (Å²) in [6, 6.07) is 6.24. The summed E-state index contributed by atoms with van der Waals surface area (Å²) in [4.78, 5) is 0. The first-order valence-electron chi connectivity index (χ1n) is 5.82. The maximum absolute atomic E-state index is 12.1. The van der Waals surface area contributed by atoms with Crippen molar-refractivity contribution in [2.45, 2.75) is 19.6 Å². The first-order chi connectivity index (χ1) is 9.19. The molecule has 0 fully saturated rings. The Labute approximate surface area is 115 Å². The second-order valence-electron chi connectivity index (χ2n) is 3.98. The molecule has 0 bridgehead atoms. The largest absolute Gasteiger partial charge is 0.402 e. The van der Waals surface area contributed by atoms with Crippen molar-refractivity contribution in [2.24, 2.45) is 5.73 Å². The second-order valence-corrected chi connectivity index (χ2v) is 5.66. The number of halogens is 3. The van der Waals surface area contributed by atoms with E-state index in [0.29, 0.717) is 6.54 Å². The molecular weight excluding hydrogens is 295 g/mol. The fraction of sp³-hybridized carbons (Fsp3) is 0.455. The van der Waals surface area contributed by atoms with Crippen LogP contribution >= 0.6 is 0 Å². The summed E-state index contributed by atoms with van der Waals surface area (Å²) in [6.07, 6.45) is -4.60. The molecule has 114 valence electrons. The lowest BCUT2D eigenvalue weighted by Crippen LogP contribution is -2.44. The molecule has 0 aromatic heterocycles. The summed E-state index contributed by atoms with van der Waals surface area (Å²) >= 11 is 0. The molecule has 0 spiro atoms. The van der Waals surface area contributed by atoms with Crippen LogP contribution in [0.25, 0.3) is 0 Å². The zero-order chi connectivity index (χ0) is 15.4. The first-order valence-corrected chi connectivity index (χ1v) is 7.26. The van der Waals surface area contributed by atoms with E-state index in [1.165, 1.54) is 23.8 Å². The van der Waals surface area contributed by atoms with Gasteiger partial charge in [0.2, 0.25) is 0 Å². The van der Waals surface area contributed by atoms with E-state index in [1.807, 2.05) is 0 Å². The van der Waals surface area contributed by atoms with Crippen LogP contribution in [0.2, 0.25) is 0 Å². The number of anilines is 1. The standard InChI is InChI=1S/C11H16F3N3O2S/c1-2-17(10-5-3-9(7-15)4-6-10)20(18,19)16-8-11(12,13)14/h3-6,16H,2,7-8,15H2,1H3. The zero-order valence-corrected chi connectivity index (χ0v) is 11.6. The predicted octanol–water partition coefficient (Wildman–Crippen LogP) is 1.37. The lowest BCUT2D eigenvalue weighted by atomic mass is 10.2. The molecule has 0 heterocycles. The molecule has 0 saturated carbocycles. The van der Waals surface area contributed by atoms with Crippen LogP contribution in [0.5, 0.6) is 0 Å². The monoisotopic (exact) mass is 311 g/mol. The molecule has 1 aromatic rings. The van der Waals surface area contributed by atoms with E-state index in [4.69, 9.17) is 5.73 Å². The van der Waals surface area contributed by atoms with Crippen molar-refractivity contribution in [3.05, 3.63) is 29.8 Å². The number of benzene rings is 1. The zero-order valence-electron chi connectivity index (χ0n) is 10.8. The quantitative estimate of drug-likeness (QED) is 0.833. The molecule has 9 heteroatoms. The van der Waals surface area contributed by atoms with Crippen LogP contribution in [0.15, 0.2) is 24.3 Å². The number of hydrogen-bond acceptors (Lipinski definition) is 3. The highest BCUT2D eigenvalue weighted by Crippen LogP contribution is 2.19. The number of hydrogen-bond donors (Lipinski definition) is 2. The minimum Gasteiger partial charge on any atom is -0.326 e. The van der Waals surface area contributed by atoms with Crippen molar-refractivity contribution in [2.75, 3.05) is 17.4 Å². The van der Waals surface area contributed by atoms with E-state index in [1.54, 1.807) is 12.1 Å². The number of nitrogens with one attached hydrogen (secondary N) is 1. The van der Waals surface area contributed by atoms with Gasteiger partial charge in [0, 0.05) is 13.1 Å². The van der Waals surface area contributed by atoms with E-state index in [2.05, 4.69) is 0 Å². The first kappa shape index (κ1) is 16.7. The minimum atomic E-state index is -4.60. The fourth-order valence-electron chi connectivity index (χ4n) is 1.54. The Morgan fingerprint density at radius 1 is 1.25 bits per heavy atom. The van der Waals surface area contributed by atoms with E-state index < -0.39 is 22.9 Å². The van der Waals surface area contributed by atoms with Gasteiger partial charge in [-0.1, -0.05) is 12.1 Å². The Hall–Kier alpha value is -1.32. The number of rotatable bonds is 6. The Morgan fingerprint density at radius 2 is 1.80 bits per heavy atom. The van der Waals surface area contributed by atoms with Gasteiger partial charge in [-0.3, -0.25) is 4.31 Å². The predicted molar refractivity (Wildman–Crippen MR) is 70.3 cm³/mol. The highest BCUT2D eigenvalue weighted by Gasteiger charge is 2.31. The van der Waals surface area contributed by atoms with Crippen molar-refractivity contribution >= 4 is 15.9 Å². The summed E-state index contributed by atoms with van der Waals surface area (Å²) in [5, 5.41) is 0. The Bertz CT molecular complexity index is 529. The Balaban J connectivity index is 2.93. The molecule has 0 unspecified atom stereocenters. The van der Waals surface area contributed by atoms with E-state index in [0.717, 1.165) is 9.87 Å². The highest BCUT2D eigenvalue weighted by molar-refractivity contribution is 7.90. The average Bonchev–Trinajstić information content (AvgIpc) is 2.37. The minimum absolute atomic E-state index is 0.00909. The van der Waals surface area contributed by atoms with Gasteiger partial charge >= 0.3 is 16.4 Å². The van der Waals surface area contributed by atoms with Gasteiger partial charge in [-0.05, 0) is 24.6 Å². The normalized spacial score (nSPS) is 12.4. The van der Waals surface area contributed by atoms with Crippen molar-refractivity contribution in [3.63, 3.8) is 0 Å². The van der Waals surface area contributed by atoms with Crippen molar-refractivity contribution in [3.8, 4) is 0 Å². The smallest absolute Gasteiger partial charge is 0.326 e. The van der Waals surface area contributed by atoms with Gasteiger partial charge in [0.25, 0.3) is 0 Å². The van der Waals surface area contributed by atoms with Crippen LogP contribution in [0, 0.1) is 0 Å². The molecule has 3 N–H and O–H groups in total. The van der Waals surface area contributed by atoms with Gasteiger partial charge in [-0.25, -0.2) is 0 Å². The van der Waals surface area contributed by atoms with Crippen LogP contribution in [-0.2, 0) is 16.8 Å². The fourth-order valence-corrected chi connectivity index (χ4v) is 2.78. The van der Waals surface area contributed by atoms with E-state index >= 15 is 0 Å². The summed E-state index contributed by atoms with van der Waals surface area (Å²) in [7, 11) is -4.25. The summed E-state index contributed by atoms with van der Waals surface area (Å²) in [6.45, 7) is 0.233. The highest BCUT2D eigenvalue weighted by atomic mass is 32.2. The maximum Gasteiger partial charge on any atom is 0.402 e. The van der Waals surface area contributed by atoms with Gasteiger partial charge < -0.3 is 5.73 Å². The van der Waals surface area contributed by atoms with E-state index in [9.17, 15) is 21.6 Å². The van der Waals surface area contributed by atoms with Gasteiger partial charge in [0.1, 0.15) is 6.54 Å². The molecule has 20 heavy (non-hydrogen) atoms. The second kappa shape index (κ2) is 6.42. The topological polar surface area (TPSA) is 75.4 Å². The molecule has 0 aliphatic carbocycles. The lowest BCUT2D eigenvalue weighted by Gasteiger charge is -2.23. The third-order valence-corrected chi connectivity index (χ3v) is 4.05. The summed E-state index contributed by atoms with van der Waals surface area (Å²) in [5.41, 5.74) is 6.49. The summed E-state index contributed by atoms with van der Waals surface area (Å²) < 4.78 is 62.4. The number of alkyl halides is 3. The molecule has 1 rings (SSSR count). The lowest BCUT2D eigenvalue weighted by molar-refractivity contribution is -0.121. The average molecular weight is 311 g/mol. The molecule has 0 aliphatic heterocycles. The third kappa shape index (κ3) is 4.66.